The van der Waals surface area contributed by atoms with Gasteiger partial charge in [-0.2, -0.15) is 5.26 Å². The third-order valence-electron chi connectivity index (χ3n) is 5.14. The summed E-state index contributed by atoms with van der Waals surface area (Å²) in [5.74, 6) is 1.37. The van der Waals surface area contributed by atoms with E-state index in [0.29, 0.717) is 47.7 Å². The number of hydrogen-bond donors (Lipinski definition) is 0. The van der Waals surface area contributed by atoms with Crippen LogP contribution in [0.2, 0.25) is 0 Å². The van der Waals surface area contributed by atoms with Crippen molar-refractivity contribution in [1.29, 1.82) is 5.26 Å². The molecule has 2 heterocycles. The lowest BCUT2D eigenvalue weighted by Gasteiger charge is -2.27. The molecule has 158 valence electrons. The number of rotatable bonds is 7. The van der Waals surface area contributed by atoms with Crippen molar-refractivity contribution in [2.75, 3.05) is 31.1 Å². The molecule has 1 aliphatic heterocycles. The minimum Gasteiger partial charge on any atom is -0.341 e. The molecule has 0 unspecified atom stereocenters. The summed E-state index contributed by atoms with van der Waals surface area (Å²) >= 11 is 0. The first-order chi connectivity index (χ1) is 14.4. The van der Waals surface area contributed by atoms with Gasteiger partial charge in [0.2, 0.25) is 5.95 Å². The number of hydrogen-bond acceptors (Lipinski definition) is 5. The number of nitriles is 1. The number of carbonyl (C=O) groups is 1. The summed E-state index contributed by atoms with van der Waals surface area (Å²) in [6, 6.07) is 9.40. The Morgan fingerprint density at radius 1 is 1.10 bits per heavy atom. The van der Waals surface area contributed by atoms with Gasteiger partial charge >= 0.3 is 0 Å². The van der Waals surface area contributed by atoms with Crippen LogP contribution < -0.4 is 4.90 Å². The van der Waals surface area contributed by atoms with Crippen LogP contribution in [0.4, 0.5) is 5.95 Å². The van der Waals surface area contributed by atoms with Crippen molar-refractivity contribution >= 4 is 11.9 Å². The molecule has 3 rings (SSSR count). The van der Waals surface area contributed by atoms with Crippen molar-refractivity contribution in [2.45, 2.75) is 40.5 Å². The summed E-state index contributed by atoms with van der Waals surface area (Å²) in [4.78, 5) is 27.0. The highest BCUT2D eigenvalue weighted by Crippen LogP contribution is 2.27. The largest absolute Gasteiger partial charge is 0.341 e. The van der Waals surface area contributed by atoms with Crippen LogP contribution >= 0.6 is 0 Å². The zero-order valence-corrected chi connectivity index (χ0v) is 18.4. The van der Waals surface area contributed by atoms with Crippen molar-refractivity contribution in [3.63, 3.8) is 0 Å². The summed E-state index contributed by atoms with van der Waals surface area (Å²) < 4.78 is 0. The number of aromatic nitrogens is 2. The SMILES string of the molecule is CC(C)CN(CC(C)C)C(=O)c1cnc(N2CCCC2)nc1-c1ccc(C#N)cc1. The molecule has 1 aromatic heterocycles. The molecule has 0 saturated carbocycles. The molecule has 2 aromatic rings. The topological polar surface area (TPSA) is 73.1 Å². The van der Waals surface area contributed by atoms with Gasteiger partial charge in [-0.3, -0.25) is 4.79 Å². The van der Waals surface area contributed by atoms with Gasteiger partial charge in [0.15, 0.2) is 0 Å². The maximum Gasteiger partial charge on any atom is 0.257 e. The average molecular weight is 406 g/mol. The Bertz CT molecular complexity index is 898. The molecule has 1 fully saturated rings. The zero-order valence-electron chi connectivity index (χ0n) is 18.4. The third kappa shape index (κ3) is 5.15. The van der Waals surface area contributed by atoms with Gasteiger partial charge in [-0.1, -0.05) is 39.8 Å². The van der Waals surface area contributed by atoms with Crippen molar-refractivity contribution in [3.8, 4) is 17.3 Å². The fourth-order valence-electron chi connectivity index (χ4n) is 3.81. The van der Waals surface area contributed by atoms with E-state index in [2.05, 4.69) is 43.6 Å². The smallest absolute Gasteiger partial charge is 0.257 e. The van der Waals surface area contributed by atoms with E-state index < -0.39 is 0 Å². The Morgan fingerprint density at radius 3 is 2.23 bits per heavy atom. The molecule has 0 radical (unpaired) electrons. The van der Waals surface area contributed by atoms with E-state index in [0.717, 1.165) is 31.5 Å². The van der Waals surface area contributed by atoms with Crippen molar-refractivity contribution in [3.05, 3.63) is 41.6 Å². The minimum absolute atomic E-state index is 0.0373. The monoisotopic (exact) mass is 405 g/mol. The van der Waals surface area contributed by atoms with E-state index in [1.807, 2.05) is 17.0 Å². The summed E-state index contributed by atoms with van der Waals surface area (Å²) in [5, 5.41) is 9.13. The van der Waals surface area contributed by atoms with Crippen LogP contribution in [0.3, 0.4) is 0 Å². The van der Waals surface area contributed by atoms with E-state index >= 15 is 0 Å². The fraction of sp³-hybridized carbons (Fsp3) is 0.500. The lowest BCUT2D eigenvalue weighted by molar-refractivity contribution is 0.0715. The molecule has 1 amide bonds. The summed E-state index contributed by atoms with van der Waals surface area (Å²) in [6.45, 7) is 11.7. The second-order valence-corrected chi connectivity index (χ2v) is 8.81. The van der Waals surface area contributed by atoms with Gasteiger partial charge in [-0.15, -0.1) is 0 Å². The highest BCUT2D eigenvalue weighted by Gasteiger charge is 2.25. The van der Waals surface area contributed by atoms with Crippen LogP contribution in [-0.2, 0) is 0 Å². The number of benzene rings is 1. The lowest BCUT2D eigenvalue weighted by Crippen LogP contribution is -2.37. The van der Waals surface area contributed by atoms with E-state index in [-0.39, 0.29) is 5.91 Å². The van der Waals surface area contributed by atoms with Crippen molar-refractivity contribution in [2.24, 2.45) is 11.8 Å². The second kappa shape index (κ2) is 9.71. The zero-order chi connectivity index (χ0) is 21.7. The normalized spacial score (nSPS) is 13.7. The molecule has 30 heavy (non-hydrogen) atoms. The lowest BCUT2D eigenvalue weighted by atomic mass is 10.0. The summed E-state index contributed by atoms with van der Waals surface area (Å²) in [6.07, 6.45) is 3.95. The standard InChI is InChI=1S/C24H31N5O/c1-17(2)15-29(16-18(3)4)23(30)21-14-26-24(28-11-5-6-12-28)27-22(21)20-9-7-19(13-25)8-10-20/h7-10,14,17-18H,5-6,11-12,15-16H2,1-4H3. The summed E-state index contributed by atoms with van der Waals surface area (Å²) in [7, 11) is 0. The Kier molecular flexibility index (Phi) is 7.04. The molecule has 0 N–H and O–H groups in total. The molecule has 0 bridgehead atoms. The van der Waals surface area contributed by atoms with Gasteiger partial charge in [0.1, 0.15) is 0 Å². The molecule has 1 aliphatic rings. The van der Waals surface area contributed by atoms with Gasteiger partial charge in [-0.25, -0.2) is 9.97 Å². The van der Waals surface area contributed by atoms with Crippen LogP contribution in [0, 0.1) is 23.2 Å². The maximum atomic E-state index is 13.5. The molecule has 0 atom stereocenters. The predicted molar refractivity (Wildman–Crippen MR) is 119 cm³/mol. The average Bonchev–Trinajstić information content (AvgIpc) is 3.27. The third-order valence-corrected chi connectivity index (χ3v) is 5.14. The van der Waals surface area contributed by atoms with Crippen LogP contribution in [0.1, 0.15) is 56.5 Å². The Labute approximate surface area is 179 Å². The first-order valence-corrected chi connectivity index (χ1v) is 10.8. The minimum atomic E-state index is -0.0373. The summed E-state index contributed by atoms with van der Waals surface area (Å²) in [5.41, 5.74) is 2.57. The Balaban J connectivity index is 2.04. The predicted octanol–water partition coefficient (Wildman–Crippen LogP) is 4.37. The number of nitrogens with zero attached hydrogens (tertiary/aromatic N) is 5. The fourth-order valence-corrected chi connectivity index (χ4v) is 3.81. The van der Waals surface area contributed by atoms with Gasteiger partial charge in [0, 0.05) is 37.9 Å². The van der Waals surface area contributed by atoms with E-state index in [9.17, 15) is 4.79 Å². The quantitative estimate of drug-likeness (QED) is 0.684. The molecule has 6 heteroatoms. The van der Waals surface area contributed by atoms with Gasteiger partial charge in [-0.05, 0) is 36.8 Å². The van der Waals surface area contributed by atoms with E-state index in [1.165, 1.54) is 0 Å². The first-order valence-electron chi connectivity index (χ1n) is 10.8. The van der Waals surface area contributed by atoms with Gasteiger partial charge in [0.25, 0.3) is 5.91 Å². The number of anilines is 1. The van der Waals surface area contributed by atoms with Crippen LogP contribution in [0.15, 0.2) is 30.5 Å². The Hall–Kier alpha value is -2.94. The van der Waals surface area contributed by atoms with Crippen LogP contribution in [0.25, 0.3) is 11.3 Å². The van der Waals surface area contributed by atoms with E-state index in [4.69, 9.17) is 10.2 Å². The van der Waals surface area contributed by atoms with Crippen LogP contribution in [0.5, 0.6) is 0 Å². The van der Waals surface area contributed by atoms with Gasteiger partial charge in [0.05, 0.1) is 22.9 Å². The molecule has 1 aromatic carbocycles. The molecule has 1 saturated heterocycles. The number of amides is 1. The highest BCUT2D eigenvalue weighted by molar-refractivity contribution is 6.00. The van der Waals surface area contributed by atoms with E-state index in [1.54, 1.807) is 18.3 Å². The van der Waals surface area contributed by atoms with Crippen molar-refractivity contribution in [1.82, 2.24) is 14.9 Å². The van der Waals surface area contributed by atoms with Crippen LogP contribution in [-0.4, -0.2) is 47.0 Å². The second-order valence-electron chi connectivity index (χ2n) is 8.81. The highest BCUT2D eigenvalue weighted by atomic mass is 16.2. The van der Waals surface area contributed by atoms with Gasteiger partial charge < -0.3 is 9.80 Å². The molecule has 6 nitrogen and oxygen atoms in total. The molecule has 0 spiro atoms. The Morgan fingerprint density at radius 2 is 1.70 bits per heavy atom. The number of carbonyl (C=O) groups excluding carboxylic acids is 1. The molecular weight excluding hydrogens is 374 g/mol. The maximum absolute atomic E-state index is 13.5. The van der Waals surface area contributed by atoms with Crippen molar-refractivity contribution < 1.29 is 4.79 Å². The first kappa shape index (κ1) is 21.8. The molecule has 0 aliphatic carbocycles. The molecular formula is C24H31N5O.